The molecule has 0 saturated carbocycles. The van der Waals surface area contributed by atoms with E-state index in [4.69, 9.17) is 28.8 Å². The van der Waals surface area contributed by atoms with Crippen LogP contribution < -0.4 is 27.8 Å². The molecule has 0 saturated heterocycles. The molecule has 0 aliphatic carbocycles. The van der Waals surface area contributed by atoms with Gasteiger partial charge in [0, 0.05) is 25.4 Å². The van der Waals surface area contributed by atoms with Crippen LogP contribution in [0.2, 0.25) is 5.15 Å². The van der Waals surface area contributed by atoms with Crippen LogP contribution in [-0.4, -0.2) is 44.3 Å². The van der Waals surface area contributed by atoms with E-state index in [9.17, 15) is 9.59 Å². The highest BCUT2D eigenvalue weighted by Gasteiger charge is 2.16. The molecule has 12 nitrogen and oxygen atoms in total. The van der Waals surface area contributed by atoms with Crippen molar-refractivity contribution in [2.24, 2.45) is 10.7 Å². The molecule has 0 spiro atoms. The minimum atomic E-state index is -0.647. The lowest BCUT2D eigenvalue weighted by molar-refractivity contribution is -0.116. The van der Waals surface area contributed by atoms with Crippen molar-refractivity contribution in [2.75, 3.05) is 23.3 Å². The number of halogens is 1. The van der Waals surface area contributed by atoms with Crippen molar-refractivity contribution in [3.05, 3.63) is 23.2 Å². The van der Waals surface area contributed by atoms with Gasteiger partial charge in [0.1, 0.15) is 0 Å². The first-order valence-corrected chi connectivity index (χ1v) is 12.7. The molecule has 13 heteroatoms. The minimum absolute atomic E-state index is 0.00901. The first kappa shape index (κ1) is 30.6. The summed E-state index contributed by atoms with van der Waals surface area (Å²) in [5.41, 5.74) is 16.7. The van der Waals surface area contributed by atoms with E-state index in [1.165, 1.54) is 6.42 Å². The van der Waals surface area contributed by atoms with Gasteiger partial charge in [0.05, 0.1) is 0 Å². The Kier molecular flexibility index (Phi) is 15.3. The molecule has 0 radical (unpaired) electrons. The standard InChI is InChI=1S/C21H33ClN10O2.C2H6/c22-16-18(24)31-17(23)15(30-16)19(34)32-20(25)26-11-9-7-5-3-1-2-4-6-8-10-14(33)29-21-27-12-13-28-21;1-2/h12-13H,1-11H2,(H4,23,24,31)(H3,25,26,32,34)(H2,27,28,29,33);1-2H3. The van der Waals surface area contributed by atoms with Crippen LogP contribution in [0.1, 0.15) is 88.5 Å². The van der Waals surface area contributed by atoms with E-state index < -0.39 is 5.91 Å². The number of aromatic nitrogens is 4. The molecular formula is C23H39ClN10O2. The average molecular weight is 523 g/mol. The molecule has 2 amide bonds. The predicted molar refractivity (Wildman–Crippen MR) is 145 cm³/mol. The molecule has 9 N–H and O–H groups in total. The third kappa shape index (κ3) is 12.3. The second kappa shape index (κ2) is 17.9. The number of nitrogens with one attached hydrogen (secondary N) is 3. The number of carbonyl (C=O) groups excluding carboxylic acids is 2. The quantitative estimate of drug-likeness (QED) is 0.122. The Morgan fingerprint density at radius 2 is 1.58 bits per heavy atom. The van der Waals surface area contributed by atoms with Crippen LogP contribution in [0.15, 0.2) is 17.4 Å². The summed E-state index contributed by atoms with van der Waals surface area (Å²) in [5.74, 6) is -0.369. The lowest BCUT2D eigenvalue weighted by Crippen LogP contribution is -2.38. The van der Waals surface area contributed by atoms with Gasteiger partial charge in [-0.15, -0.1) is 0 Å². The zero-order valence-electron chi connectivity index (χ0n) is 21.1. The number of aromatic amines is 1. The summed E-state index contributed by atoms with van der Waals surface area (Å²) >= 11 is 5.77. The Morgan fingerprint density at radius 1 is 0.972 bits per heavy atom. The summed E-state index contributed by atoms with van der Waals surface area (Å²) in [6, 6.07) is 0. The van der Waals surface area contributed by atoms with E-state index in [1.807, 2.05) is 13.8 Å². The van der Waals surface area contributed by atoms with Crippen molar-refractivity contribution in [3.63, 3.8) is 0 Å². The van der Waals surface area contributed by atoms with Crippen LogP contribution in [0, 0.1) is 0 Å². The number of nitrogen functional groups attached to an aromatic ring is 2. The maximum absolute atomic E-state index is 12.2. The number of carbonyl (C=O) groups is 2. The number of anilines is 3. The Labute approximate surface area is 217 Å². The zero-order valence-corrected chi connectivity index (χ0v) is 21.9. The van der Waals surface area contributed by atoms with Crippen molar-refractivity contribution < 1.29 is 9.59 Å². The maximum atomic E-state index is 12.2. The summed E-state index contributed by atoms with van der Waals surface area (Å²) < 4.78 is 0. The van der Waals surface area contributed by atoms with Crippen LogP contribution in [0.3, 0.4) is 0 Å². The molecule has 0 aromatic carbocycles. The van der Waals surface area contributed by atoms with Crippen LogP contribution in [0.5, 0.6) is 0 Å². The van der Waals surface area contributed by atoms with Gasteiger partial charge in [-0.1, -0.05) is 70.4 Å². The Balaban J connectivity index is 0.00000316. The molecule has 200 valence electrons. The largest absolute Gasteiger partial charge is 0.382 e. The molecule has 2 aromatic rings. The van der Waals surface area contributed by atoms with Gasteiger partial charge in [-0.3, -0.25) is 25.2 Å². The Hall–Kier alpha value is -3.41. The first-order valence-electron chi connectivity index (χ1n) is 12.4. The number of H-pyrrole nitrogens is 1. The van der Waals surface area contributed by atoms with Gasteiger partial charge in [-0.05, 0) is 12.8 Å². The number of guanidine groups is 1. The van der Waals surface area contributed by atoms with Gasteiger partial charge in [-0.25, -0.2) is 15.0 Å². The van der Waals surface area contributed by atoms with Crippen molar-refractivity contribution in [2.45, 2.75) is 78.1 Å². The molecule has 0 atom stereocenters. The number of hydrogen-bond donors (Lipinski definition) is 6. The van der Waals surface area contributed by atoms with Crippen LogP contribution in [0.25, 0.3) is 0 Å². The number of rotatable bonds is 14. The SMILES string of the molecule is CC.NC(=NCCCCCCCCCCCC(=O)Nc1ncc[nH]1)NC(=O)c1nc(Cl)c(N)nc1N. The van der Waals surface area contributed by atoms with E-state index in [0.29, 0.717) is 18.9 Å². The van der Waals surface area contributed by atoms with E-state index >= 15 is 0 Å². The van der Waals surface area contributed by atoms with Gasteiger partial charge in [0.2, 0.25) is 11.9 Å². The minimum Gasteiger partial charge on any atom is -0.382 e. The smallest absolute Gasteiger partial charge is 0.280 e. The van der Waals surface area contributed by atoms with Crippen LogP contribution in [0.4, 0.5) is 17.6 Å². The average Bonchev–Trinajstić information content (AvgIpc) is 3.36. The molecule has 0 unspecified atom stereocenters. The fourth-order valence-electron chi connectivity index (χ4n) is 3.19. The van der Waals surface area contributed by atoms with Crippen LogP contribution in [-0.2, 0) is 4.79 Å². The van der Waals surface area contributed by atoms with Crippen molar-refractivity contribution in [3.8, 4) is 0 Å². The Morgan fingerprint density at radius 3 is 2.19 bits per heavy atom. The second-order valence-corrected chi connectivity index (χ2v) is 8.13. The van der Waals surface area contributed by atoms with E-state index in [1.54, 1.807) is 12.4 Å². The maximum Gasteiger partial charge on any atom is 0.280 e. The lowest BCUT2D eigenvalue weighted by atomic mass is 10.1. The van der Waals surface area contributed by atoms with Gasteiger partial charge < -0.3 is 22.2 Å². The second-order valence-electron chi connectivity index (χ2n) is 7.77. The van der Waals surface area contributed by atoms with E-state index in [2.05, 4.69) is 35.6 Å². The summed E-state index contributed by atoms with van der Waals surface area (Å²) in [6.45, 7) is 4.51. The van der Waals surface area contributed by atoms with Gasteiger partial charge in [0.25, 0.3) is 5.91 Å². The number of amides is 2. The van der Waals surface area contributed by atoms with Gasteiger partial charge >= 0.3 is 0 Å². The molecule has 36 heavy (non-hydrogen) atoms. The first-order chi connectivity index (χ1) is 17.4. The fourth-order valence-corrected chi connectivity index (χ4v) is 3.31. The van der Waals surface area contributed by atoms with Gasteiger partial charge in [0.15, 0.2) is 28.4 Å². The van der Waals surface area contributed by atoms with Crippen molar-refractivity contribution in [1.29, 1.82) is 0 Å². The predicted octanol–water partition coefficient (Wildman–Crippen LogP) is 3.63. The number of nitrogens with two attached hydrogens (primary N) is 3. The number of aliphatic imine (C=N–C) groups is 1. The highest BCUT2D eigenvalue weighted by Crippen LogP contribution is 2.17. The summed E-state index contributed by atoms with van der Waals surface area (Å²) in [4.78, 5) is 42.4. The molecule has 0 aliphatic heterocycles. The Bertz CT molecular complexity index is 951. The number of hydrogen-bond acceptors (Lipinski definition) is 8. The molecule has 0 aliphatic rings. The third-order valence-corrected chi connectivity index (χ3v) is 5.24. The zero-order chi connectivity index (χ0) is 26.8. The number of nitrogens with zero attached hydrogens (tertiary/aromatic N) is 4. The van der Waals surface area contributed by atoms with E-state index in [0.717, 1.165) is 51.4 Å². The van der Waals surface area contributed by atoms with Crippen molar-refractivity contribution in [1.82, 2.24) is 25.3 Å². The summed E-state index contributed by atoms with van der Waals surface area (Å²) in [6.07, 6.45) is 13.4. The van der Waals surface area contributed by atoms with Crippen LogP contribution >= 0.6 is 11.6 Å². The monoisotopic (exact) mass is 522 g/mol. The molecule has 2 rings (SSSR count). The summed E-state index contributed by atoms with van der Waals surface area (Å²) in [7, 11) is 0. The normalized spacial score (nSPS) is 10.9. The number of unbranched alkanes of at least 4 members (excludes halogenated alkanes) is 8. The fraction of sp³-hybridized carbons (Fsp3) is 0.565. The topological polar surface area (TPSA) is 203 Å². The molecule has 0 fully saturated rings. The number of imidazole rings is 1. The van der Waals surface area contributed by atoms with Crippen molar-refractivity contribution >= 4 is 47.0 Å². The summed E-state index contributed by atoms with van der Waals surface area (Å²) in [5, 5.41) is 5.03. The highest BCUT2D eigenvalue weighted by atomic mass is 35.5. The van der Waals surface area contributed by atoms with Gasteiger partial charge in [-0.2, -0.15) is 0 Å². The van der Waals surface area contributed by atoms with E-state index in [-0.39, 0.29) is 34.3 Å². The highest BCUT2D eigenvalue weighted by molar-refractivity contribution is 6.31. The molecular weight excluding hydrogens is 484 g/mol. The third-order valence-electron chi connectivity index (χ3n) is 4.96. The molecule has 2 heterocycles. The molecule has 2 aromatic heterocycles. The molecule has 0 bridgehead atoms. The lowest BCUT2D eigenvalue weighted by Gasteiger charge is -2.07.